The van der Waals surface area contributed by atoms with Crippen molar-refractivity contribution >= 4 is 11.6 Å². The van der Waals surface area contributed by atoms with E-state index in [-0.39, 0.29) is 6.10 Å². The van der Waals surface area contributed by atoms with Gasteiger partial charge in [0.25, 0.3) is 0 Å². The van der Waals surface area contributed by atoms with Crippen molar-refractivity contribution < 1.29 is 9.84 Å². The van der Waals surface area contributed by atoms with Crippen LogP contribution in [-0.4, -0.2) is 11.7 Å². The summed E-state index contributed by atoms with van der Waals surface area (Å²) in [5.41, 5.74) is 3.67. The summed E-state index contributed by atoms with van der Waals surface area (Å²) < 4.78 is 5.45. The molecule has 1 aliphatic carbocycles. The van der Waals surface area contributed by atoms with E-state index >= 15 is 0 Å². The normalized spacial score (nSPS) is 19.5. The van der Waals surface area contributed by atoms with Gasteiger partial charge in [0.15, 0.2) is 0 Å². The molecule has 15 heavy (non-hydrogen) atoms. The molecule has 3 heteroatoms. The van der Waals surface area contributed by atoms with E-state index in [4.69, 9.17) is 16.3 Å². The van der Waals surface area contributed by atoms with Gasteiger partial charge in [-0.3, -0.25) is 0 Å². The predicted octanol–water partition coefficient (Wildman–Crippen LogP) is 2.80. The maximum atomic E-state index is 9.62. The number of rotatable bonds is 3. The Morgan fingerprint density at radius 3 is 3.20 bits per heavy atom. The van der Waals surface area contributed by atoms with Crippen LogP contribution in [-0.2, 0) is 6.42 Å². The minimum Gasteiger partial charge on any atom is -0.489 e. The molecule has 0 aromatic heterocycles. The second-order valence-corrected chi connectivity index (χ2v) is 3.84. The van der Waals surface area contributed by atoms with Gasteiger partial charge in [-0.1, -0.05) is 17.7 Å². The highest BCUT2D eigenvalue weighted by Crippen LogP contribution is 2.33. The summed E-state index contributed by atoms with van der Waals surface area (Å²) in [4.78, 5) is 0. The Morgan fingerprint density at radius 1 is 1.53 bits per heavy atom. The van der Waals surface area contributed by atoms with Crippen LogP contribution in [0.4, 0.5) is 0 Å². The molecule has 1 aromatic carbocycles. The molecule has 1 aliphatic rings. The van der Waals surface area contributed by atoms with Crippen molar-refractivity contribution in [3.63, 3.8) is 0 Å². The molecule has 0 saturated heterocycles. The van der Waals surface area contributed by atoms with Gasteiger partial charge in [-0.25, -0.2) is 0 Å². The average Bonchev–Trinajstić information content (AvgIpc) is 2.61. The number of ether oxygens (including phenoxy) is 1. The number of aliphatic hydroxyl groups excluding tert-OH is 1. The second-order valence-electron chi connectivity index (χ2n) is 3.59. The lowest BCUT2D eigenvalue weighted by Crippen LogP contribution is -1.95. The monoisotopic (exact) mass is 224 g/mol. The molecule has 1 N–H and O–H groups in total. The van der Waals surface area contributed by atoms with Gasteiger partial charge in [-0.15, -0.1) is 0 Å². The molecule has 0 amide bonds. The molecule has 0 spiro atoms. The Labute approximate surface area is 94.1 Å². The highest BCUT2D eigenvalue weighted by Gasteiger charge is 2.20. The first kappa shape index (κ1) is 10.5. The Kier molecular flexibility index (Phi) is 3.29. The number of fused-ring (bicyclic) bond motifs is 1. The Hall–Kier alpha value is -0.990. The average molecular weight is 225 g/mol. The van der Waals surface area contributed by atoms with E-state index in [1.165, 1.54) is 11.1 Å². The van der Waals surface area contributed by atoms with Crippen LogP contribution in [0.15, 0.2) is 29.8 Å². The molecule has 1 atom stereocenters. The molecule has 0 radical (unpaired) electrons. The van der Waals surface area contributed by atoms with Crippen molar-refractivity contribution in [3.05, 3.63) is 40.9 Å². The number of hydrogen-bond acceptors (Lipinski definition) is 2. The Balaban J connectivity index is 2.09. The van der Waals surface area contributed by atoms with Crippen molar-refractivity contribution in [2.24, 2.45) is 0 Å². The number of aliphatic hydroxyl groups is 1. The summed E-state index contributed by atoms with van der Waals surface area (Å²) in [5, 5.41) is 9.62. The van der Waals surface area contributed by atoms with Gasteiger partial charge in [0.2, 0.25) is 0 Å². The largest absolute Gasteiger partial charge is 0.489 e. The van der Waals surface area contributed by atoms with Crippen molar-refractivity contribution in [3.8, 4) is 5.75 Å². The standard InChI is InChI=1S/C12H13ClO2/c13-6-1-7-15-10-3-4-11-9(8-10)2-5-12(11)14/h1,3-4,6,8,12,14H,2,5,7H2/b6-1+/t12-/m1/s1. The Morgan fingerprint density at radius 2 is 2.40 bits per heavy atom. The van der Waals surface area contributed by atoms with Gasteiger partial charge in [-0.05, 0) is 42.2 Å². The van der Waals surface area contributed by atoms with E-state index in [0.717, 1.165) is 24.2 Å². The highest BCUT2D eigenvalue weighted by atomic mass is 35.5. The van der Waals surface area contributed by atoms with Crippen molar-refractivity contribution in [1.29, 1.82) is 0 Å². The molecule has 0 aliphatic heterocycles. The van der Waals surface area contributed by atoms with Gasteiger partial charge in [0.05, 0.1) is 6.10 Å². The second kappa shape index (κ2) is 4.69. The molecular formula is C12H13ClO2. The lowest BCUT2D eigenvalue weighted by Gasteiger charge is -2.07. The van der Waals surface area contributed by atoms with E-state index in [1.807, 2.05) is 18.2 Å². The molecule has 2 nitrogen and oxygen atoms in total. The molecule has 0 fully saturated rings. The number of aryl methyl sites for hydroxylation is 1. The summed E-state index contributed by atoms with van der Waals surface area (Å²) in [6, 6.07) is 5.82. The predicted molar refractivity (Wildman–Crippen MR) is 60.2 cm³/mol. The molecule has 0 bridgehead atoms. The number of halogens is 1. The maximum absolute atomic E-state index is 9.62. The smallest absolute Gasteiger partial charge is 0.120 e. The van der Waals surface area contributed by atoms with Crippen LogP contribution in [0.3, 0.4) is 0 Å². The van der Waals surface area contributed by atoms with Gasteiger partial charge in [-0.2, -0.15) is 0 Å². The van der Waals surface area contributed by atoms with E-state index < -0.39 is 0 Å². The summed E-state index contributed by atoms with van der Waals surface area (Å²) >= 11 is 5.39. The van der Waals surface area contributed by atoms with Crippen LogP contribution in [0.5, 0.6) is 5.75 Å². The minimum atomic E-state index is -0.295. The van der Waals surface area contributed by atoms with E-state index in [1.54, 1.807) is 6.08 Å². The molecule has 0 heterocycles. The van der Waals surface area contributed by atoms with E-state index in [2.05, 4.69) is 0 Å². The van der Waals surface area contributed by atoms with Crippen LogP contribution >= 0.6 is 11.6 Å². The lowest BCUT2D eigenvalue weighted by molar-refractivity contribution is 0.180. The highest BCUT2D eigenvalue weighted by molar-refractivity contribution is 6.25. The first-order valence-corrected chi connectivity index (χ1v) is 5.44. The van der Waals surface area contributed by atoms with Crippen LogP contribution in [0.1, 0.15) is 23.7 Å². The fourth-order valence-corrected chi connectivity index (χ4v) is 1.91. The summed E-state index contributed by atoms with van der Waals surface area (Å²) in [6.07, 6.45) is 3.19. The fraction of sp³-hybridized carbons (Fsp3) is 0.333. The molecular weight excluding hydrogens is 212 g/mol. The zero-order valence-corrected chi connectivity index (χ0v) is 9.07. The van der Waals surface area contributed by atoms with Crippen LogP contribution in [0, 0.1) is 0 Å². The summed E-state index contributed by atoms with van der Waals surface area (Å²) in [6.45, 7) is 0.477. The quantitative estimate of drug-likeness (QED) is 0.856. The summed E-state index contributed by atoms with van der Waals surface area (Å²) in [7, 11) is 0. The fourth-order valence-electron chi connectivity index (χ4n) is 1.84. The third-order valence-corrected chi connectivity index (χ3v) is 2.77. The van der Waals surface area contributed by atoms with Gasteiger partial charge in [0.1, 0.15) is 12.4 Å². The topological polar surface area (TPSA) is 29.5 Å². The van der Waals surface area contributed by atoms with E-state index in [9.17, 15) is 5.11 Å². The van der Waals surface area contributed by atoms with Gasteiger partial charge in [0, 0.05) is 5.54 Å². The molecule has 0 unspecified atom stereocenters. The first-order valence-electron chi connectivity index (χ1n) is 5.00. The Bertz CT molecular complexity index is 374. The maximum Gasteiger partial charge on any atom is 0.120 e. The number of hydrogen-bond donors (Lipinski definition) is 1. The van der Waals surface area contributed by atoms with Gasteiger partial charge >= 0.3 is 0 Å². The van der Waals surface area contributed by atoms with Crippen LogP contribution in [0.2, 0.25) is 0 Å². The SMILES string of the molecule is O[C@@H]1CCc2cc(OC/C=C/Cl)ccc21. The lowest BCUT2D eigenvalue weighted by atomic mass is 10.1. The van der Waals surface area contributed by atoms with Crippen molar-refractivity contribution in [2.75, 3.05) is 6.61 Å². The minimum absolute atomic E-state index is 0.295. The van der Waals surface area contributed by atoms with E-state index in [0.29, 0.717) is 6.61 Å². The van der Waals surface area contributed by atoms with Crippen molar-refractivity contribution in [1.82, 2.24) is 0 Å². The van der Waals surface area contributed by atoms with Crippen molar-refractivity contribution in [2.45, 2.75) is 18.9 Å². The van der Waals surface area contributed by atoms with Crippen LogP contribution in [0.25, 0.3) is 0 Å². The third-order valence-electron chi connectivity index (χ3n) is 2.60. The molecule has 0 saturated carbocycles. The molecule has 1 aromatic rings. The molecule has 80 valence electrons. The van der Waals surface area contributed by atoms with Gasteiger partial charge < -0.3 is 9.84 Å². The summed E-state index contributed by atoms with van der Waals surface area (Å²) in [5.74, 6) is 0.831. The first-order chi connectivity index (χ1) is 7.31. The number of benzene rings is 1. The molecule has 2 rings (SSSR count). The zero-order chi connectivity index (χ0) is 10.7. The third kappa shape index (κ3) is 2.33. The van der Waals surface area contributed by atoms with Crippen LogP contribution < -0.4 is 4.74 Å². The zero-order valence-electron chi connectivity index (χ0n) is 8.32.